The molecule has 0 spiro atoms. The molecule has 0 aliphatic heterocycles. The Morgan fingerprint density at radius 2 is 1.18 bits per heavy atom. The fourth-order valence-electron chi connectivity index (χ4n) is 4.45. The van der Waals surface area contributed by atoms with Crippen LogP contribution in [0.5, 0.6) is 0 Å². The molecule has 182 valence electrons. The minimum absolute atomic E-state index is 0.00621. The molecular weight excluding hydrogens is 420 g/mol. The molecule has 0 radical (unpaired) electrons. The van der Waals surface area contributed by atoms with E-state index in [2.05, 4.69) is 48.7 Å². The molecule has 4 heteroatoms. The molecule has 0 atom stereocenters. The van der Waals surface area contributed by atoms with Crippen molar-refractivity contribution in [3.05, 3.63) is 48.5 Å². The maximum Gasteiger partial charge on any atom is 0.224 e. The number of unbranched alkanes of at least 4 members (excludes halogenated alkanes) is 8. The van der Waals surface area contributed by atoms with Crippen LogP contribution in [0.4, 0.5) is 11.4 Å². The minimum Gasteiger partial charge on any atom is -0.324 e. The van der Waals surface area contributed by atoms with Gasteiger partial charge in [-0.2, -0.15) is 0 Å². The maximum absolute atomic E-state index is 12.8. The highest BCUT2D eigenvalue weighted by molar-refractivity contribution is 6.13. The number of carbonyl (C=O) groups is 2. The number of hydrogen-bond donors (Lipinski definition) is 2. The van der Waals surface area contributed by atoms with Crippen LogP contribution in [-0.4, -0.2) is 11.8 Å². The molecule has 4 nitrogen and oxygen atoms in total. The first-order valence-electron chi connectivity index (χ1n) is 13.2. The van der Waals surface area contributed by atoms with E-state index in [0.717, 1.165) is 47.2 Å². The molecule has 3 aromatic carbocycles. The smallest absolute Gasteiger partial charge is 0.224 e. The van der Waals surface area contributed by atoms with Crippen molar-refractivity contribution in [2.45, 2.75) is 90.9 Å². The third-order valence-electron chi connectivity index (χ3n) is 6.44. The first-order valence-corrected chi connectivity index (χ1v) is 13.2. The first-order chi connectivity index (χ1) is 16.6. The molecule has 3 rings (SSSR count). The van der Waals surface area contributed by atoms with Crippen molar-refractivity contribution in [2.75, 3.05) is 10.6 Å². The molecule has 2 N–H and O–H groups in total. The summed E-state index contributed by atoms with van der Waals surface area (Å²) in [5, 5.41) is 10.5. The molecule has 0 aliphatic rings. The van der Waals surface area contributed by atoms with Crippen LogP contribution in [0.15, 0.2) is 48.5 Å². The Labute approximate surface area is 204 Å². The Morgan fingerprint density at radius 3 is 1.79 bits per heavy atom. The maximum atomic E-state index is 12.8. The third kappa shape index (κ3) is 7.58. The predicted octanol–water partition coefficient (Wildman–Crippen LogP) is 8.59. The summed E-state index contributed by atoms with van der Waals surface area (Å²) >= 11 is 0. The van der Waals surface area contributed by atoms with Crippen LogP contribution in [0, 0.1) is 0 Å². The van der Waals surface area contributed by atoms with Gasteiger partial charge in [0.15, 0.2) is 0 Å². The molecule has 0 aliphatic carbocycles. The zero-order valence-corrected chi connectivity index (χ0v) is 20.9. The summed E-state index contributed by atoms with van der Waals surface area (Å²) in [7, 11) is 0. The predicted molar refractivity (Wildman–Crippen MR) is 145 cm³/mol. The lowest BCUT2D eigenvalue weighted by Gasteiger charge is -2.16. The monoisotopic (exact) mass is 460 g/mol. The van der Waals surface area contributed by atoms with Crippen molar-refractivity contribution in [1.29, 1.82) is 0 Å². The fraction of sp³-hybridized carbons (Fsp3) is 0.467. The van der Waals surface area contributed by atoms with Crippen LogP contribution in [0.25, 0.3) is 21.5 Å². The van der Waals surface area contributed by atoms with Crippen molar-refractivity contribution in [3.63, 3.8) is 0 Å². The van der Waals surface area contributed by atoms with Gasteiger partial charge in [-0.25, -0.2) is 0 Å². The fourth-order valence-corrected chi connectivity index (χ4v) is 4.45. The molecule has 0 bridgehead atoms. The Balaban J connectivity index is 1.79. The quantitative estimate of drug-likeness (QED) is 0.187. The van der Waals surface area contributed by atoms with Crippen molar-refractivity contribution in [1.82, 2.24) is 0 Å². The Morgan fingerprint density at radius 1 is 0.618 bits per heavy atom. The van der Waals surface area contributed by atoms with E-state index >= 15 is 0 Å². The third-order valence-corrected chi connectivity index (χ3v) is 6.44. The molecule has 0 unspecified atom stereocenters. The van der Waals surface area contributed by atoms with Crippen LogP contribution in [0.3, 0.4) is 0 Å². The van der Waals surface area contributed by atoms with E-state index in [9.17, 15) is 9.59 Å². The van der Waals surface area contributed by atoms with Crippen molar-refractivity contribution in [2.24, 2.45) is 0 Å². The molecule has 2 amide bonds. The average molecular weight is 461 g/mol. The van der Waals surface area contributed by atoms with E-state index < -0.39 is 0 Å². The molecule has 0 fully saturated rings. The molecule has 0 heterocycles. The van der Waals surface area contributed by atoms with Gasteiger partial charge >= 0.3 is 0 Å². The lowest BCUT2D eigenvalue weighted by molar-refractivity contribution is -0.117. The van der Waals surface area contributed by atoms with E-state index in [-0.39, 0.29) is 11.8 Å². The second kappa shape index (κ2) is 13.7. The van der Waals surface area contributed by atoms with Crippen molar-refractivity contribution >= 4 is 44.7 Å². The van der Waals surface area contributed by atoms with Gasteiger partial charge in [-0.1, -0.05) is 95.5 Å². The lowest BCUT2D eigenvalue weighted by Crippen LogP contribution is -2.16. The van der Waals surface area contributed by atoms with E-state index in [1.54, 1.807) is 0 Å². The molecule has 0 saturated heterocycles. The Kier molecular flexibility index (Phi) is 10.4. The largest absolute Gasteiger partial charge is 0.324 e. The van der Waals surface area contributed by atoms with E-state index in [1.165, 1.54) is 38.5 Å². The summed E-state index contributed by atoms with van der Waals surface area (Å²) in [5.41, 5.74) is 1.39. The van der Waals surface area contributed by atoms with E-state index in [4.69, 9.17) is 0 Å². The van der Waals surface area contributed by atoms with Gasteiger partial charge in [-0.05, 0) is 47.2 Å². The van der Waals surface area contributed by atoms with Gasteiger partial charge in [0, 0.05) is 18.2 Å². The van der Waals surface area contributed by atoms with Crippen LogP contribution < -0.4 is 10.6 Å². The summed E-state index contributed by atoms with van der Waals surface area (Å²) < 4.78 is 0. The second-order valence-electron chi connectivity index (χ2n) is 9.33. The SMILES string of the molecule is CCCCCCCC(=O)Nc1ccc2cc3ccccc3cc2c1NC(=O)CCCCCCC. The van der Waals surface area contributed by atoms with Gasteiger partial charge in [0.1, 0.15) is 0 Å². The minimum atomic E-state index is 0.00621. The summed E-state index contributed by atoms with van der Waals surface area (Å²) in [6.45, 7) is 4.38. The zero-order valence-electron chi connectivity index (χ0n) is 20.9. The summed E-state index contributed by atoms with van der Waals surface area (Å²) in [5.74, 6) is 0.0129. The average Bonchev–Trinajstić information content (AvgIpc) is 2.84. The Hall–Kier alpha value is -2.88. The number of rotatable bonds is 14. The van der Waals surface area contributed by atoms with Gasteiger partial charge in [0.05, 0.1) is 11.4 Å². The number of nitrogens with one attached hydrogen (secondary N) is 2. The first kappa shape index (κ1) is 25.7. The number of hydrogen-bond acceptors (Lipinski definition) is 2. The number of fused-ring (bicyclic) bond motifs is 2. The van der Waals surface area contributed by atoms with E-state index in [0.29, 0.717) is 24.2 Å². The number of anilines is 2. The van der Waals surface area contributed by atoms with Crippen molar-refractivity contribution < 1.29 is 9.59 Å². The lowest BCUT2D eigenvalue weighted by atomic mass is 10.0. The highest BCUT2D eigenvalue weighted by Crippen LogP contribution is 2.35. The standard InChI is InChI=1S/C30H40N2O2/c1-3-5-7-9-11-17-28(33)31-27-20-19-25-21-23-15-13-14-16-24(23)22-26(25)30(27)32-29(34)18-12-10-8-6-4-2/h13-16,19-22H,3-12,17-18H2,1-2H3,(H,31,33)(H,32,34). The molecule has 3 aromatic rings. The zero-order chi connectivity index (χ0) is 24.2. The van der Waals surface area contributed by atoms with Gasteiger partial charge in [-0.3, -0.25) is 9.59 Å². The van der Waals surface area contributed by atoms with Gasteiger partial charge in [0.2, 0.25) is 11.8 Å². The summed E-state index contributed by atoms with van der Waals surface area (Å²) in [6.07, 6.45) is 12.1. The Bertz CT molecular complexity index is 1090. The van der Waals surface area contributed by atoms with E-state index in [1.807, 2.05) is 24.3 Å². The van der Waals surface area contributed by atoms with Crippen LogP contribution in [-0.2, 0) is 9.59 Å². The van der Waals surface area contributed by atoms with Gasteiger partial charge < -0.3 is 10.6 Å². The normalized spacial score (nSPS) is 11.1. The highest BCUT2D eigenvalue weighted by Gasteiger charge is 2.14. The van der Waals surface area contributed by atoms with Crippen LogP contribution in [0.1, 0.15) is 90.9 Å². The number of amides is 2. The second-order valence-corrected chi connectivity index (χ2v) is 9.33. The number of carbonyl (C=O) groups excluding carboxylic acids is 2. The highest BCUT2D eigenvalue weighted by atomic mass is 16.2. The summed E-state index contributed by atoms with van der Waals surface area (Å²) in [4.78, 5) is 25.5. The molecule has 0 saturated carbocycles. The summed E-state index contributed by atoms with van der Waals surface area (Å²) in [6, 6.07) is 16.4. The van der Waals surface area contributed by atoms with Gasteiger partial charge in [-0.15, -0.1) is 0 Å². The number of benzene rings is 3. The molecule has 0 aromatic heterocycles. The van der Waals surface area contributed by atoms with Crippen LogP contribution in [0.2, 0.25) is 0 Å². The van der Waals surface area contributed by atoms with Gasteiger partial charge in [0.25, 0.3) is 0 Å². The molecular formula is C30H40N2O2. The van der Waals surface area contributed by atoms with Crippen molar-refractivity contribution in [3.8, 4) is 0 Å². The van der Waals surface area contributed by atoms with Crippen LogP contribution >= 0.6 is 0 Å². The topological polar surface area (TPSA) is 58.2 Å². The molecule has 34 heavy (non-hydrogen) atoms.